The van der Waals surface area contributed by atoms with Crippen LogP contribution < -0.4 is 17.0 Å². The van der Waals surface area contributed by atoms with Gasteiger partial charge in [-0.1, -0.05) is 5.21 Å². The number of hydrogen-bond donors (Lipinski definition) is 2. The number of aromatic amines is 1. The highest BCUT2D eigenvalue weighted by Crippen LogP contribution is 2.14. The van der Waals surface area contributed by atoms with Gasteiger partial charge in [0.25, 0.3) is 5.56 Å². The Labute approximate surface area is 151 Å². The molecule has 0 aromatic carbocycles. The summed E-state index contributed by atoms with van der Waals surface area (Å²) < 4.78 is 4.90. The van der Waals surface area contributed by atoms with Gasteiger partial charge in [0.1, 0.15) is 17.5 Å². The maximum absolute atomic E-state index is 11.9. The number of nitrogen functional groups attached to an aromatic ring is 1. The molecule has 12 nitrogen and oxygen atoms in total. The summed E-state index contributed by atoms with van der Waals surface area (Å²) in [5.74, 6) is 0.337. The SMILES string of the molecule is Cc1cn(Cc2cn(CCn3cnc4c(N)ncnc43)nn2)c(=O)[nH]c1=O. The van der Waals surface area contributed by atoms with Crippen molar-refractivity contribution in [2.45, 2.75) is 26.6 Å². The monoisotopic (exact) mass is 368 g/mol. The minimum Gasteiger partial charge on any atom is -0.382 e. The van der Waals surface area contributed by atoms with E-state index in [2.05, 4.69) is 30.2 Å². The van der Waals surface area contributed by atoms with Crippen molar-refractivity contribution >= 4 is 17.0 Å². The van der Waals surface area contributed by atoms with Gasteiger partial charge in [-0.05, 0) is 6.92 Å². The molecule has 12 heteroatoms. The predicted octanol–water partition coefficient (Wildman–Crippen LogP) is -1.09. The predicted molar refractivity (Wildman–Crippen MR) is 94.9 cm³/mol. The van der Waals surface area contributed by atoms with Gasteiger partial charge in [-0.2, -0.15) is 0 Å². The van der Waals surface area contributed by atoms with Gasteiger partial charge in [-0.25, -0.2) is 19.7 Å². The zero-order valence-corrected chi connectivity index (χ0v) is 14.4. The van der Waals surface area contributed by atoms with Gasteiger partial charge in [-0.15, -0.1) is 5.10 Å². The topological polar surface area (TPSA) is 155 Å². The lowest BCUT2D eigenvalue weighted by Gasteiger charge is -2.04. The summed E-state index contributed by atoms with van der Waals surface area (Å²) in [5.41, 5.74) is 7.17. The van der Waals surface area contributed by atoms with Gasteiger partial charge in [0.2, 0.25) is 0 Å². The Bertz CT molecular complexity index is 1230. The molecular weight excluding hydrogens is 352 g/mol. The van der Waals surface area contributed by atoms with E-state index in [0.717, 1.165) is 0 Å². The molecule has 0 aliphatic heterocycles. The van der Waals surface area contributed by atoms with E-state index < -0.39 is 11.2 Å². The molecule has 0 saturated carbocycles. The van der Waals surface area contributed by atoms with Gasteiger partial charge in [0, 0.05) is 18.3 Å². The van der Waals surface area contributed by atoms with Gasteiger partial charge in [0.05, 0.1) is 25.6 Å². The first-order valence-corrected chi connectivity index (χ1v) is 8.12. The molecule has 3 N–H and O–H groups in total. The molecule has 4 heterocycles. The summed E-state index contributed by atoms with van der Waals surface area (Å²) >= 11 is 0. The zero-order valence-electron chi connectivity index (χ0n) is 14.4. The first kappa shape index (κ1) is 16.6. The number of imidazole rings is 1. The maximum Gasteiger partial charge on any atom is 0.328 e. The van der Waals surface area contributed by atoms with Crippen molar-refractivity contribution in [2.75, 3.05) is 5.73 Å². The Morgan fingerprint density at radius 1 is 1.11 bits per heavy atom. The summed E-state index contributed by atoms with van der Waals surface area (Å²) in [5, 5.41) is 8.14. The third-order valence-corrected chi connectivity index (χ3v) is 4.11. The molecule has 0 aliphatic carbocycles. The molecule has 138 valence electrons. The molecule has 0 unspecified atom stereocenters. The third-order valence-electron chi connectivity index (χ3n) is 4.11. The van der Waals surface area contributed by atoms with Crippen LogP contribution >= 0.6 is 0 Å². The number of anilines is 1. The largest absolute Gasteiger partial charge is 0.382 e. The van der Waals surface area contributed by atoms with Crippen molar-refractivity contribution in [1.29, 1.82) is 0 Å². The van der Waals surface area contributed by atoms with E-state index >= 15 is 0 Å². The van der Waals surface area contributed by atoms with Crippen LogP contribution in [-0.2, 0) is 19.6 Å². The first-order chi connectivity index (χ1) is 13.0. The molecule has 0 fully saturated rings. The average Bonchev–Trinajstić information content (AvgIpc) is 3.25. The number of H-pyrrole nitrogens is 1. The third kappa shape index (κ3) is 3.19. The summed E-state index contributed by atoms with van der Waals surface area (Å²) in [4.78, 5) is 37.9. The molecular formula is C15H16N10O2. The quantitative estimate of drug-likeness (QED) is 0.450. The summed E-state index contributed by atoms with van der Waals surface area (Å²) in [7, 11) is 0. The van der Waals surface area contributed by atoms with Crippen LogP contribution in [0.2, 0.25) is 0 Å². The molecule has 0 saturated heterocycles. The number of nitrogens with two attached hydrogens (primary N) is 1. The van der Waals surface area contributed by atoms with Gasteiger partial charge in [-0.3, -0.25) is 19.0 Å². The Kier molecular flexibility index (Phi) is 3.99. The molecule has 0 atom stereocenters. The van der Waals surface area contributed by atoms with Crippen molar-refractivity contribution in [1.82, 2.24) is 44.1 Å². The van der Waals surface area contributed by atoms with Crippen molar-refractivity contribution in [3.8, 4) is 0 Å². The summed E-state index contributed by atoms with van der Waals surface area (Å²) in [6, 6.07) is 0. The second-order valence-electron chi connectivity index (χ2n) is 6.04. The molecule has 0 radical (unpaired) electrons. The van der Waals surface area contributed by atoms with Crippen LogP contribution in [0.25, 0.3) is 11.2 Å². The van der Waals surface area contributed by atoms with Crippen LogP contribution in [0.3, 0.4) is 0 Å². The van der Waals surface area contributed by atoms with E-state index in [0.29, 0.717) is 41.3 Å². The molecule has 4 aromatic heterocycles. The highest BCUT2D eigenvalue weighted by Gasteiger charge is 2.09. The normalized spacial score (nSPS) is 11.3. The smallest absolute Gasteiger partial charge is 0.328 e. The number of nitrogens with one attached hydrogen (secondary N) is 1. The minimum absolute atomic E-state index is 0.216. The highest BCUT2D eigenvalue weighted by atomic mass is 16.2. The van der Waals surface area contributed by atoms with Crippen molar-refractivity contribution in [3.63, 3.8) is 0 Å². The molecule has 0 aliphatic rings. The molecule has 0 amide bonds. The second-order valence-corrected chi connectivity index (χ2v) is 6.04. The van der Waals surface area contributed by atoms with E-state index in [4.69, 9.17) is 5.73 Å². The number of fused-ring (bicyclic) bond motifs is 1. The van der Waals surface area contributed by atoms with Crippen LogP contribution in [-0.4, -0.2) is 44.1 Å². The van der Waals surface area contributed by atoms with E-state index in [9.17, 15) is 9.59 Å². The van der Waals surface area contributed by atoms with E-state index in [1.165, 1.54) is 17.1 Å². The first-order valence-electron chi connectivity index (χ1n) is 8.12. The second kappa shape index (κ2) is 6.48. The molecule has 0 bridgehead atoms. The standard InChI is InChI=1S/C15H16N10O2/c1-9-4-24(15(27)20-14(9)26)5-10-6-25(22-21-10)3-2-23-8-19-11-12(16)17-7-18-13(11)23/h4,6-8H,2-3,5H2,1H3,(H2,16,17,18)(H,20,26,27). The number of rotatable bonds is 5. The van der Waals surface area contributed by atoms with Crippen LogP contribution in [0.5, 0.6) is 0 Å². The summed E-state index contributed by atoms with van der Waals surface area (Å²) in [6.07, 6.45) is 6.29. The fourth-order valence-electron chi connectivity index (χ4n) is 2.70. The van der Waals surface area contributed by atoms with Gasteiger partial charge < -0.3 is 10.3 Å². The van der Waals surface area contributed by atoms with Crippen LogP contribution in [0.1, 0.15) is 11.3 Å². The lowest BCUT2D eigenvalue weighted by Crippen LogP contribution is -2.31. The van der Waals surface area contributed by atoms with E-state index in [-0.39, 0.29) is 6.54 Å². The number of aryl methyl sites for hydroxylation is 3. The molecule has 0 spiro atoms. The van der Waals surface area contributed by atoms with E-state index in [1.54, 1.807) is 24.1 Å². The maximum atomic E-state index is 11.9. The van der Waals surface area contributed by atoms with Crippen LogP contribution in [0, 0.1) is 6.92 Å². The Morgan fingerprint density at radius 2 is 1.96 bits per heavy atom. The van der Waals surface area contributed by atoms with E-state index in [1.807, 2.05) is 4.57 Å². The van der Waals surface area contributed by atoms with Crippen molar-refractivity contribution in [3.05, 3.63) is 57.1 Å². The minimum atomic E-state index is -0.484. The summed E-state index contributed by atoms with van der Waals surface area (Å²) in [6.45, 7) is 2.95. The van der Waals surface area contributed by atoms with Gasteiger partial charge in [0.15, 0.2) is 11.5 Å². The lowest BCUT2D eigenvalue weighted by molar-refractivity contribution is 0.524. The fourth-order valence-corrected chi connectivity index (χ4v) is 2.70. The number of aromatic nitrogens is 9. The number of hydrogen-bond acceptors (Lipinski definition) is 8. The fraction of sp³-hybridized carbons (Fsp3) is 0.267. The molecule has 27 heavy (non-hydrogen) atoms. The Balaban J connectivity index is 1.48. The van der Waals surface area contributed by atoms with Gasteiger partial charge >= 0.3 is 5.69 Å². The van der Waals surface area contributed by atoms with Crippen molar-refractivity contribution in [2.24, 2.45) is 0 Å². The Morgan fingerprint density at radius 3 is 2.81 bits per heavy atom. The molecule has 4 rings (SSSR count). The van der Waals surface area contributed by atoms with Crippen molar-refractivity contribution < 1.29 is 0 Å². The van der Waals surface area contributed by atoms with Crippen LogP contribution in [0.4, 0.5) is 5.82 Å². The average molecular weight is 368 g/mol. The zero-order chi connectivity index (χ0) is 19.0. The van der Waals surface area contributed by atoms with Crippen LogP contribution in [0.15, 0.2) is 34.6 Å². The number of nitrogens with zero attached hydrogens (tertiary/aromatic N) is 8. The Hall–Kier alpha value is -3.83. The highest BCUT2D eigenvalue weighted by molar-refractivity contribution is 5.80. The molecule has 4 aromatic rings. The lowest BCUT2D eigenvalue weighted by atomic mass is 10.4.